The first-order valence-corrected chi connectivity index (χ1v) is 10.6. The molecule has 1 aromatic carbocycles. The number of thioether (sulfide) groups is 1. The van der Waals surface area contributed by atoms with Crippen molar-refractivity contribution in [1.82, 2.24) is 24.5 Å². The lowest BCUT2D eigenvalue weighted by molar-refractivity contribution is 0.114. The van der Waals surface area contributed by atoms with Gasteiger partial charge in [-0.2, -0.15) is 9.61 Å². The van der Waals surface area contributed by atoms with Crippen molar-refractivity contribution in [2.45, 2.75) is 31.0 Å². The third kappa shape index (κ3) is 4.16. The summed E-state index contributed by atoms with van der Waals surface area (Å²) >= 11 is 1.32. The largest absolute Gasteiger partial charge is 0.490 e. The molecule has 1 saturated heterocycles. The number of likely N-dealkylation sites (tertiary alicyclic amines) is 1. The standard InChI is InChI=1S/C21H23N5O2S/c1-4-13-29-20-22-19-18(14(2)24-26(19)21(27)23-20)15-5-7-16(8-6-15)28-17-9-11-25(3)12-10-17/h1,5-8,17H,9-13H2,2-3H3,(H,22,23,27). The predicted molar refractivity (Wildman–Crippen MR) is 114 cm³/mol. The van der Waals surface area contributed by atoms with Crippen LogP contribution in [0.1, 0.15) is 18.5 Å². The van der Waals surface area contributed by atoms with E-state index < -0.39 is 0 Å². The Labute approximate surface area is 173 Å². The number of ether oxygens (including phenoxy) is 1. The summed E-state index contributed by atoms with van der Waals surface area (Å²) in [6.45, 7) is 4.00. The van der Waals surface area contributed by atoms with E-state index in [0.717, 1.165) is 48.5 Å². The fourth-order valence-electron chi connectivity index (χ4n) is 3.54. The van der Waals surface area contributed by atoms with Crippen LogP contribution in [-0.2, 0) is 0 Å². The summed E-state index contributed by atoms with van der Waals surface area (Å²) in [7, 11) is 2.14. The SMILES string of the molecule is C#CCSc1nc2c(-c3ccc(OC4CCN(C)CC4)cc3)c(C)nn2c(=O)[nH]1. The van der Waals surface area contributed by atoms with Crippen molar-refractivity contribution < 1.29 is 4.74 Å². The highest BCUT2D eigenvalue weighted by atomic mass is 32.2. The number of aromatic amines is 1. The van der Waals surface area contributed by atoms with Crippen LogP contribution in [0.15, 0.2) is 34.2 Å². The molecule has 2 aromatic heterocycles. The number of hydrogen-bond acceptors (Lipinski definition) is 6. The second-order valence-corrected chi connectivity index (χ2v) is 8.14. The first-order chi connectivity index (χ1) is 14.0. The van der Waals surface area contributed by atoms with E-state index in [1.165, 1.54) is 16.3 Å². The maximum atomic E-state index is 12.4. The van der Waals surface area contributed by atoms with E-state index in [-0.39, 0.29) is 11.8 Å². The van der Waals surface area contributed by atoms with Crippen LogP contribution in [0.25, 0.3) is 16.8 Å². The molecule has 3 heterocycles. The van der Waals surface area contributed by atoms with Gasteiger partial charge in [0.1, 0.15) is 11.9 Å². The van der Waals surface area contributed by atoms with Gasteiger partial charge in [0.15, 0.2) is 10.8 Å². The molecule has 4 rings (SSSR count). The van der Waals surface area contributed by atoms with E-state index in [2.05, 4.69) is 32.9 Å². The van der Waals surface area contributed by atoms with Gasteiger partial charge < -0.3 is 9.64 Å². The topological polar surface area (TPSA) is 75.5 Å². The van der Waals surface area contributed by atoms with Crippen LogP contribution >= 0.6 is 11.8 Å². The number of rotatable bonds is 5. The monoisotopic (exact) mass is 409 g/mol. The van der Waals surface area contributed by atoms with Crippen LogP contribution in [0.4, 0.5) is 0 Å². The molecule has 1 fully saturated rings. The van der Waals surface area contributed by atoms with Gasteiger partial charge in [-0.3, -0.25) is 4.98 Å². The lowest BCUT2D eigenvalue weighted by Gasteiger charge is -2.29. The van der Waals surface area contributed by atoms with Gasteiger partial charge in [-0.05, 0) is 44.5 Å². The second kappa shape index (κ2) is 8.31. The second-order valence-electron chi connectivity index (χ2n) is 7.18. The number of nitrogens with one attached hydrogen (secondary N) is 1. The Morgan fingerprint density at radius 3 is 2.72 bits per heavy atom. The Hall–Kier alpha value is -2.76. The molecule has 1 aliphatic heterocycles. The van der Waals surface area contributed by atoms with Gasteiger partial charge in [-0.15, -0.1) is 6.42 Å². The van der Waals surface area contributed by atoms with Crippen LogP contribution < -0.4 is 10.4 Å². The molecule has 0 spiro atoms. The quantitative estimate of drug-likeness (QED) is 0.516. The minimum Gasteiger partial charge on any atom is -0.490 e. The zero-order chi connectivity index (χ0) is 20.4. The summed E-state index contributed by atoms with van der Waals surface area (Å²) < 4.78 is 7.44. The summed E-state index contributed by atoms with van der Waals surface area (Å²) in [6.07, 6.45) is 7.65. The molecule has 150 valence electrons. The Bertz CT molecular complexity index is 1110. The molecule has 0 bridgehead atoms. The minimum absolute atomic E-state index is 0.256. The van der Waals surface area contributed by atoms with Crippen molar-refractivity contribution >= 4 is 17.4 Å². The van der Waals surface area contributed by atoms with Crippen molar-refractivity contribution in [2.75, 3.05) is 25.9 Å². The Balaban J connectivity index is 1.62. The van der Waals surface area contributed by atoms with Gasteiger partial charge in [0.2, 0.25) is 0 Å². The number of benzene rings is 1. The fourth-order valence-corrected chi connectivity index (χ4v) is 4.07. The van der Waals surface area contributed by atoms with Crippen molar-refractivity contribution in [1.29, 1.82) is 0 Å². The number of fused-ring (bicyclic) bond motifs is 1. The molecule has 1 aliphatic rings. The Morgan fingerprint density at radius 1 is 1.31 bits per heavy atom. The van der Waals surface area contributed by atoms with Crippen LogP contribution in [-0.4, -0.2) is 56.5 Å². The number of nitrogens with zero attached hydrogens (tertiary/aromatic N) is 4. The highest BCUT2D eigenvalue weighted by molar-refractivity contribution is 7.99. The average molecular weight is 410 g/mol. The minimum atomic E-state index is -0.328. The van der Waals surface area contributed by atoms with E-state index in [1.54, 1.807) is 0 Å². The smallest absolute Gasteiger partial charge is 0.350 e. The molecular formula is C21H23N5O2S. The third-order valence-electron chi connectivity index (χ3n) is 5.05. The number of H-pyrrole nitrogens is 1. The molecule has 7 nitrogen and oxygen atoms in total. The molecule has 0 amide bonds. The highest BCUT2D eigenvalue weighted by Gasteiger charge is 2.19. The van der Waals surface area contributed by atoms with E-state index in [9.17, 15) is 4.79 Å². The molecule has 0 aliphatic carbocycles. The van der Waals surface area contributed by atoms with Crippen molar-refractivity contribution in [3.05, 3.63) is 40.4 Å². The highest BCUT2D eigenvalue weighted by Crippen LogP contribution is 2.29. The molecule has 8 heteroatoms. The van der Waals surface area contributed by atoms with E-state index >= 15 is 0 Å². The molecule has 0 atom stereocenters. The number of aryl methyl sites for hydroxylation is 1. The molecule has 3 aromatic rings. The molecule has 0 saturated carbocycles. The van der Waals surface area contributed by atoms with Gasteiger partial charge in [-0.25, -0.2) is 9.78 Å². The maximum Gasteiger partial charge on any atom is 0.350 e. The number of aromatic nitrogens is 4. The maximum absolute atomic E-state index is 12.4. The van der Waals surface area contributed by atoms with Gasteiger partial charge in [-0.1, -0.05) is 29.8 Å². The first kappa shape index (κ1) is 19.6. The van der Waals surface area contributed by atoms with E-state index in [4.69, 9.17) is 11.2 Å². The zero-order valence-electron chi connectivity index (χ0n) is 16.5. The molecule has 29 heavy (non-hydrogen) atoms. The van der Waals surface area contributed by atoms with Crippen molar-refractivity contribution in [3.63, 3.8) is 0 Å². The summed E-state index contributed by atoms with van der Waals surface area (Å²) in [5.41, 5.74) is 2.72. The summed E-state index contributed by atoms with van der Waals surface area (Å²) in [5.74, 6) is 3.83. The lowest BCUT2D eigenvalue weighted by Crippen LogP contribution is -2.35. The Morgan fingerprint density at radius 2 is 2.03 bits per heavy atom. The summed E-state index contributed by atoms with van der Waals surface area (Å²) in [6, 6.07) is 7.92. The Kier molecular flexibility index (Phi) is 5.60. The van der Waals surface area contributed by atoms with Gasteiger partial charge in [0.25, 0.3) is 0 Å². The predicted octanol–water partition coefficient (Wildman–Crippen LogP) is 2.59. The first-order valence-electron chi connectivity index (χ1n) is 9.56. The summed E-state index contributed by atoms with van der Waals surface area (Å²) in [4.78, 5) is 22.0. The molecule has 0 unspecified atom stereocenters. The average Bonchev–Trinajstić information content (AvgIpc) is 3.05. The van der Waals surface area contributed by atoms with Crippen LogP contribution in [0.2, 0.25) is 0 Å². The number of piperidine rings is 1. The third-order valence-corrected chi connectivity index (χ3v) is 5.83. The van der Waals surface area contributed by atoms with Crippen LogP contribution in [0.3, 0.4) is 0 Å². The van der Waals surface area contributed by atoms with Gasteiger partial charge >= 0.3 is 5.69 Å². The van der Waals surface area contributed by atoms with Gasteiger partial charge in [0.05, 0.1) is 11.4 Å². The number of hydrogen-bond donors (Lipinski definition) is 1. The van der Waals surface area contributed by atoms with Crippen LogP contribution in [0, 0.1) is 19.3 Å². The number of terminal acetylenes is 1. The van der Waals surface area contributed by atoms with E-state index in [1.807, 2.05) is 31.2 Å². The fraction of sp³-hybridized carbons (Fsp3) is 0.381. The molecular weight excluding hydrogens is 386 g/mol. The molecule has 1 N–H and O–H groups in total. The van der Waals surface area contributed by atoms with Crippen molar-refractivity contribution in [3.8, 4) is 29.2 Å². The summed E-state index contributed by atoms with van der Waals surface area (Å²) in [5, 5.41) is 4.85. The normalized spacial score (nSPS) is 15.5. The molecule has 0 radical (unpaired) electrons. The van der Waals surface area contributed by atoms with E-state index in [0.29, 0.717) is 16.6 Å². The van der Waals surface area contributed by atoms with Crippen molar-refractivity contribution in [2.24, 2.45) is 0 Å². The van der Waals surface area contributed by atoms with Crippen LogP contribution in [0.5, 0.6) is 5.75 Å². The lowest BCUT2D eigenvalue weighted by atomic mass is 10.1. The van der Waals surface area contributed by atoms with Gasteiger partial charge in [0, 0.05) is 18.7 Å². The zero-order valence-corrected chi connectivity index (χ0v) is 17.3.